The molecule has 0 atom stereocenters. The average Bonchev–Trinajstić information content (AvgIpc) is 2.15. The molecule has 0 aromatic heterocycles. The molecule has 0 aliphatic heterocycles. The normalized spacial score (nSPS) is 9.83. The second kappa shape index (κ2) is 4.74. The third kappa shape index (κ3) is 2.53. The van der Waals surface area contributed by atoms with E-state index in [1.54, 1.807) is 7.11 Å². The van der Waals surface area contributed by atoms with E-state index in [1.165, 1.54) is 5.56 Å². The summed E-state index contributed by atoms with van der Waals surface area (Å²) in [6.07, 6.45) is 0.924. The average molecular weight is 166 g/mol. The lowest BCUT2D eigenvalue weighted by molar-refractivity contribution is 0.414. The number of hydrazine groups is 1. The van der Waals surface area contributed by atoms with E-state index in [1.807, 2.05) is 18.2 Å². The lowest BCUT2D eigenvalue weighted by Gasteiger charge is -2.03. The highest BCUT2D eigenvalue weighted by Crippen LogP contribution is 2.12. The molecule has 0 fully saturated rings. The van der Waals surface area contributed by atoms with Gasteiger partial charge >= 0.3 is 0 Å². The van der Waals surface area contributed by atoms with Gasteiger partial charge in [-0.15, -0.1) is 0 Å². The van der Waals surface area contributed by atoms with Crippen LogP contribution < -0.4 is 16.0 Å². The molecule has 3 heteroatoms. The monoisotopic (exact) mass is 166 g/mol. The van der Waals surface area contributed by atoms with Crippen LogP contribution in [0.3, 0.4) is 0 Å². The van der Waals surface area contributed by atoms with Crippen LogP contribution >= 0.6 is 0 Å². The van der Waals surface area contributed by atoms with Crippen molar-refractivity contribution >= 4 is 0 Å². The summed E-state index contributed by atoms with van der Waals surface area (Å²) in [7, 11) is 1.67. The van der Waals surface area contributed by atoms with Crippen LogP contribution in [0, 0.1) is 0 Å². The first-order valence-electron chi connectivity index (χ1n) is 3.93. The first kappa shape index (κ1) is 9.03. The van der Waals surface area contributed by atoms with Crippen LogP contribution in [0.25, 0.3) is 0 Å². The molecule has 1 rings (SSSR count). The van der Waals surface area contributed by atoms with Crippen LogP contribution in [0.2, 0.25) is 0 Å². The Kier molecular flexibility index (Phi) is 3.57. The second-order valence-electron chi connectivity index (χ2n) is 2.56. The molecule has 3 N–H and O–H groups in total. The predicted octanol–water partition coefficient (Wildman–Crippen LogP) is 0.701. The number of hydrogen-bond donors (Lipinski definition) is 2. The lowest BCUT2D eigenvalue weighted by Crippen LogP contribution is -2.24. The van der Waals surface area contributed by atoms with Gasteiger partial charge in [0, 0.05) is 6.54 Å². The Morgan fingerprint density at radius 1 is 1.50 bits per heavy atom. The molecule has 0 radical (unpaired) electrons. The van der Waals surface area contributed by atoms with Gasteiger partial charge in [0.25, 0.3) is 0 Å². The smallest absolute Gasteiger partial charge is 0.119 e. The first-order chi connectivity index (χ1) is 5.86. The van der Waals surface area contributed by atoms with Crippen molar-refractivity contribution in [3.05, 3.63) is 29.8 Å². The highest BCUT2D eigenvalue weighted by molar-refractivity contribution is 5.28. The van der Waals surface area contributed by atoms with E-state index >= 15 is 0 Å². The fraction of sp³-hybridized carbons (Fsp3) is 0.333. The quantitative estimate of drug-likeness (QED) is 0.511. The van der Waals surface area contributed by atoms with Gasteiger partial charge in [0.05, 0.1) is 7.11 Å². The Morgan fingerprint density at radius 3 is 3.00 bits per heavy atom. The topological polar surface area (TPSA) is 47.3 Å². The van der Waals surface area contributed by atoms with E-state index in [2.05, 4.69) is 11.5 Å². The molecule has 0 spiro atoms. The zero-order valence-corrected chi connectivity index (χ0v) is 7.21. The summed E-state index contributed by atoms with van der Waals surface area (Å²) >= 11 is 0. The Balaban J connectivity index is 2.60. The highest BCUT2D eigenvalue weighted by atomic mass is 16.5. The fourth-order valence-corrected chi connectivity index (χ4v) is 1.04. The molecule has 1 aromatic carbocycles. The molecule has 0 aliphatic carbocycles. The molecule has 12 heavy (non-hydrogen) atoms. The van der Waals surface area contributed by atoms with Crippen molar-refractivity contribution in [2.45, 2.75) is 6.42 Å². The lowest BCUT2D eigenvalue weighted by atomic mass is 10.1. The fourth-order valence-electron chi connectivity index (χ4n) is 1.04. The molecule has 0 unspecified atom stereocenters. The zero-order valence-electron chi connectivity index (χ0n) is 7.21. The molecular formula is C9H14N2O. The van der Waals surface area contributed by atoms with Gasteiger partial charge < -0.3 is 4.74 Å². The number of methoxy groups -OCH3 is 1. The molecule has 3 nitrogen and oxygen atoms in total. The molecule has 0 bridgehead atoms. The minimum atomic E-state index is 0.785. The molecule has 0 heterocycles. The van der Waals surface area contributed by atoms with Gasteiger partial charge in [-0.2, -0.15) is 0 Å². The minimum Gasteiger partial charge on any atom is -0.497 e. The van der Waals surface area contributed by atoms with Crippen LogP contribution in [-0.2, 0) is 6.42 Å². The molecule has 66 valence electrons. The minimum absolute atomic E-state index is 0.785. The van der Waals surface area contributed by atoms with Gasteiger partial charge in [-0.25, -0.2) is 0 Å². The van der Waals surface area contributed by atoms with Crippen LogP contribution in [0.1, 0.15) is 5.56 Å². The Labute approximate surface area is 72.5 Å². The van der Waals surface area contributed by atoms with Crippen LogP contribution in [0.4, 0.5) is 0 Å². The van der Waals surface area contributed by atoms with Gasteiger partial charge in [0.1, 0.15) is 5.75 Å². The van der Waals surface area contributed by atoms with Gasteiger partial charge in [-0.05, 0) is 24.1 Å². The van der Waals surface area contributed by atoms with E-state index in [4.69, 9.17) is 10.6 Å². The van der Waals surface area contributed by atoms with Gasteiger partial charge in [-0.3, -0.25) is 11.3 Å². The van der Waals surface area contributed by atoms with Crippen molar-refractivity contribution in [3.63, 3.8) is 0 Å². The maximum Gasteiger partial charge on any atom is 0.119 e. The molecule has 0 saturated carbocycles. The third-order valence-corrected chi connectivity index (χ3v) is 1.69. The number of benzene rings is 1. The number of nitrogens with two attached hydrogens (primary N) is 1. The number of rotatable bonds is 4. The second-order valence-corrected chi connectivity index (χ2v) is 2.56. The van der Waals surface area contributed by atoms with Gasteiger partial charge in [0.15, 0.2) is 0 Å². The summed E-state index contributed by atoms with van der Waals surface area (Å²) in [5.74, 6) is 6.06. The Bertz CT molecular complexity index is 238. The predicted molar refractivity (Wildman–Crippen MR) is 48.9 cm³/mol. The van der Waals surface area contributed by atoms with E-state index in [-0.39, 0.29) is 0 Å². The molecular weight excluding hydrogens is 152 g/mol. The zero-order chi connectivity index (χ0) is 8.81. The van der Waals surface area contributed by atoms with Crippen LogP contribution in [0.15, 0.2) is 24.3 Å². The number of ether oxygens (including phenoxy) is 1. The highest BCUT2D eigenvalue weighted by Gasteiger charge is 1.93. The number of hydrogen-bond acceptors (Lipinski definition) is 3. The third-order valence-electron chi connectivity index (χ3n) is 1.69. The van der Waals surface area contributed by atoms with Crippen molar-refractivity contribution in [1.29, 1.82) is 0 Å². The van der Waals surface area contributed by atoms with Gasteiger partial charge in [-0.1, -0.05) is 12.1 Å². The van der Waals surface area contributed by atoms with Crippen molar-refractivity contribution in [2.24, 2.45) is 5.84 Å². The number of nitrogens with one attached hydrogen (secondary N) is 1. The van der Waals surface area contributed by atoms with Crippen molar-refractivity contribution in [3.8, 4) is 5.75 Å². The first-order valence-corrected chi connectivity index (χ1v) is 3.93. The summed E-state index contributed by atoms with van der Waals surface area (Å²) in [6, 6.07) is 7.97. The Morgan fingerprint density at radius 2 is 2.33 bits per heavy atom. The summed E-state index contributed by atoms with van der Waals surface area (Å²) in [6.45, 7) is 0.785. The van der Waals surface area contributed by atoms with Crippen molar-refractivity contribution in [1.82, 2.24) is 5.43 Å². The molecule has 1 aromatic rings. The van der Waals surface area contributed by atoms with E-state index in [0.717, 1.165) is 18.7 Å². The summed E-state index contributed by atoms with van der Waals surface area (Å²) in [4.78, 5) is 0. The van der Waals surface area contributed by atoms with Crippen LogP contribution in [-0.4, -0.2) is 13.7 Å². The van der Waals surface area contributed by atoms with Crippen molar-refractivity contribution in [2.75, 3.05) is 13.7 Å². The standard InChI is InChI=1S/C9H14N2O/c1-12-9-4-2-3-8(7-9)5-6-11-10/h2-4,7,11H,5-6,10H2,1H3. The van der Waals surface area contributed by atoms with E-state index < -0.39 is 0 Å². The largest absolute Gasteiger partial charge is 0.497 e. The summed E-state index contributed by atoms with van der Waals surface area (Å²) < 4.78 is 5.08. The van der Waals surface area contributed by atoms with Gasteiger partial charge in [0.2, 0.25) is 0 Å². The van der Waals surface area contributed by atoms with Crippen molar-refractivity contribution < 1.29 is 4.74 Å². The Hall–Kier alpha value is -1.06. The maximum atomic E-state index is 5.17. The molecule has 0 saturated heterocycles. The van der Waals surface area contributed by atoms with E-state index in [0.29, 0.717) is 0 Å². The van der Waals surface area contributed by atoms with E-state index in [9.17, 15) is 0 Å². The SMILES string of the molecule is COc1cccc(CCNN)c1. The van der Waals surface area contributed by atoms with Crippen LogP contribution in [0.5, 0.6) is 5.75 Å². The molecule has 0 aliphatic rings. The summed E-state index contributed by atoms with van der Waals surface area (Å²) in [5.41, 5.74) is 3.84. The molecule has 0 amide bonds. The maximum absolute atomic E-state index is 5.17. The summed E-state index contributed by atoms with van der Waals surface area (Å²) in [5, 5.41) is 0.